The highest BCUT2D eigenvalue weighted by atomic mass is 35.5. The maximum atomic E-state index is 13.5. The lowest BCUT2D eigenvalue weighted by Crippen LogP contribution is -2.08. The van der Waals surface area contributed by atoms with Crippen LogP contribution in [0.4, 0.5) is 23.2 Å². The third-order valence-electron chi connectivity index (χ3n) is 2.48. The van der Waals surface area contributed by atoms with E-state index in [0.29, 0.717) is 12.1 Å². The topological polar surface area (TPSA) is 68.9 Å². The van der Waals surface area contributed by atoms with Crippen molar-refractivity contribution >= 4 is 17.3 Å². The quantitative estimate of drug-likeness (QED) is 0.364. The van der Waals surface area contributed by atoms with E-state index in [1.54, 1.807) is 0 Å². The molecule has 1 aromatic heterocycles. The van der Waals surface area contributed by atoms with Gasteiger partial charge in [0.25, 0.3) is 0 Å². The van der Waals surface area contributed by atoms with E-state index in [0.717, 1.165) is 12.3 Å². The van der Waals surface area contributed by atoms with Gasteiger partial charge in [0, 0.05) is 5.56 Å². The Morgan fingerprint density at radius 3 is 2.48 bits per heavy atom. The maximum Gasteiger partial charge on any atom is 0.419 e. The molecule has 0 N–H and O–H groups in total. The molecule has 0 aliphatic carbocycles. The van der Waals surface area contributed by atoms with E-state index in [9.17, 15) is 27.7 Å². The second kappa shape index (κ2) is 5.24. The molecule has 0 atom stereocenters. The van der Waals surface area contributed by atoms with Crippen LogP contribution in [0.2, 0.25) is 5.28 Å². The first-order valence-corrected chi connectivity index (χ1v) is 5.62. The Kier molecular flexibility index (Phi) is 3.77. The second-order valence-corrected chi connectivity index (χ2v) is 4.16. The number of benzene rings is 1. The average Bonchev–Trinajstić information content (AvgIpc) is 2.36. The van der Waals surface area contributed by atoms with Gasteiger partial charge in [-0.25, -0.2) is 14.4 Å². The Labute approximate surface area is 119 Å². The standard InChI is InChI=1S/C11H4ClF4N3O2/c12-10-17-4-8(19(20)21)9(18-10)5-1-2-6(7(13)3-5)11(14,15)16/h1-4H. The van der Waals surface area contributed by atoms with Crippen LogP contribution in [-0.4, -0.2) is 14.9 Å². The van der Waals surface area contributed by atoms with Crippen molar-refractivity contribution in [1.82, 2.24) is 9.97 Å². The third kappa shape index (κ3) is 3.07. The number of hydrogen-bond donors (Lipinski definition) is 0. The molecule has 0 aliphatic rings. The molecule has 0 saturated carbocycles. The molecule has 2 rings (SSSR count). The smallest absolute Gasteiger partial charge is 0.258 e. The molecule has 10 heteroatoms. The lowest BCUT2D eigenvalue weighted by Gasteiger charge is -2.09. The molecule has 0 bridgehead atoms. The first-order chi connectivity index (χ1) is 9.70. The van der Waals surface area contributed by atoms with E-state index in [2.05, 4.69) is 9.97 Å². The SMILES string of the molecule is O=[N+]([O-])c1cnc(Cl)nc1-c1ccc(C(F)(F)F)c(F)c1. The Morgan fingerprint density at radius 2 is 1.95 bits per heavy atom. The number of halogens is 5. The molecule has 0 amide bonds. The van der Waals surface area contributed by atoms with E-state index in [4.69, 9.17) is 11.6 Å². The first-order valence-electron chi connectivity index (χ1n) is 5.24. The lowest BCUT2D eigenvalue weighted by atomic mass is 10.1. The van der Waals surface area contributed by atoms with Crippen molar-refractivity contribution in [3.05, 3.63) is 51.2 Å². The van der Waals surface area contributed by atoms with Crippen molar-refractivity contribution in [1.29, 1.82) is 0 Å². The van der Waals surface area contributed by atoms with Gasteiger partial charge in [-0.3, -0.25) is 10.1 Å². The normalized spacial score (nSPS) is 11.5. The first kappa shape index (κ1) is 15.1. The van der Waals surface area contributed by atoms with Gasteiger partial charge in [0.15, 0.2) is 5.69 Å². The molecular weight excluding hydrogens is 318 g/mol. The Hall–Kier alpha value is -2.29. The number of nitro groups is 1. The molecule has 0 aliphatic heterocycles. The molecule has 21 heavy (non-hydrogen) atoms. The highest BCUT2D eigenvalue weighted by Crippen LogP contribution is 2.35. The minimum atomic E-state index is -4.86. The van der Waals surface area contributed by atoms with E-state index >= 15 is 0 Å². The monoisotopic (exact) mass is 321 g/mol. The number of rotatable bonds is 2. The van der Waals surface area contributed by atoms with E-state index < -0.39 is 28.2 Å². The second-order valence-electron chi connectivity index (χ2n) is 3.82. The number of aromatic nitrogens is 2. The number of hydrogen-bond acceptors (Lipinski definition) is 4. The van der Waals surface area contributed by atoms with Crippen molar-refractivity contribution in [3.63, 3.8) is 0 Å². The summed E-state index contributed by atoms with van der Waals surface area (Å²) in [6.45, 7) is 0. The fourth-order valence-electron chi connectivity index (χ4n) is 1.59. The van der Waals surface area contributed by atoms with Crippen molar-refractivity contribution in [3.8, 4) is 11.3 Å². The zero-order chi connectivity index (χ0) is 15.8. The third-order valence-corrected chi connectivity index (χ3v) is 2.67. The van der Waals surface area contributed by atoms with Gasteiger partial charge in [0.05, 0.1) is 10.5 Å². The summed E-state index contributed by atoms with van der Waals surface area (Å²) in [7, 11) is 0. The van der Waals surface area contributed by atoms with Crippen LogP contribution >= 0.6 is 11.6 Å². The fraction of sp³-hybridized carbons (Fsp3) is 0.0909. The van der Waals surface area contributed by atoms with Gasteiger partial charge >= 0.3 is 11.9 Å². The number of alkyl halides is 3. The molecule has 0 radical (unpaired) electrons. The van der Waals surface area contributed by atoms with Gasteiger partial charge in [-0.1, -0.05) is 6.07 Å². The molecule has 0 fully saturated rings. The fourth-order valence-corrected chi connectivity index (χ4v) is 1.73. The summed E-state index contributed by atoms with van der Waals surface area (Å²) in [4.78, 5) is 16.9. The van der Waals surface area contributed by atoms with Gasteiger partial charge in [0.2, 0.25) is 5.28 Å². The van der Waals surface area contributed by atoms with Crippen LogP contribution in [0.15, 0.2) is 24.4 Å². The van der Waals surface area contributed by atoms with Crippen LogP contribution < -0.4 is 0 Å². The van der Waals surface area contributed by atoms with Crippen LogP contribution in [0, 0.1) is 15.9 Å². The summed E-state index contributed by atoms with van der Waals surface area (Å²) in [5.41, 5.74) is -2.66. The predicted molar refractivity (Wildman–Crippen MR) is 64.1 cm³/mol. The molecule has 5 nitrogen and oxygen atoms in total. The highest BCUT2D eigenvalue weighted by molar-refractivity contribution is 6.28. The van der Waals surface area contributed by atoms with Crippen LogP contribution in [0.1, 0.15) is 5.56 Å². The van der Waals surface area contributed by atoms with Gasteiger partial charge in [-0.2, -0.15) is 13.2 Å². The minimum absolute atomic E-state index is 0.212. The molecule has 0 spiro atoms. The molecule has 0 saturated heterocycles. The average molecular weight is 322 g/mol. The molecule has 2 aromatic rings. The predicted octanol–water partition coefficient (Wildman–Crippen LogP) is 3.86. The zero-order valence-corrected chi connectivity index (χ0v) is 10.6. The van der Waals surface area contributed by atoms with E-state index in [1.165, 1.54) is 0 Å². The van der Waals surface area contributed by atoms with Gasteiger partial charge < -0.3 is 0 Å². The summed E-state index contributed by atoms with van der Waals surface area (Å²) >= 11 is 5.50. The number of nitrogens with zero attached hydrogens (tertiary/aromatic N) is 3. The maximum absolute atomic E-state index is 13.5. The molecule has 1 heterocycles. The van der Waals surface area contributed by atoms with Crippen molar-refractivity contribution in [2.75, 3.05) is 0 Å². The molecule has 0 unspecified atom stereocenters. The van der Waals surface area contributed by atoms with Crippen LogP contribution in [0.3, 0.4) is 0 Å². The van der Waals surface area contributed by atoms with Crippen molar-refractivity contribution < 1.29 is 22.5 Å². The Balaban J connectivity index is 2.61. The lowest BCUT2D eigenvalue weighted by molar-refractivity contribution is -0.384. The molecular formula is C11H4ClF4N3O2. The summed E-state index contributed by atoms with van der Waals surface area (Å²) in [6, 6.07) is 1.86. The molecule has 1 aromatic carbocycles. The summed E-state index contributed by atoms with van der Waals surface area (Å²) < 4.78 is 50.9. The summed E-state index contributed by atoms with van der Waals surface area (Å²) in [5.74, 6) is -1.57. The minimum Gasteiger partial charge on any atom is -0.258 e. The molecule has 110 valence electrons. The van der Waals surface area contributed by atoms with Crippen LogP contribution in [0.5, 0.6) is 0 Å². The van der Waals surface area contributed by atoms with Gasteiger partial charge in [-0.15, -0.1) is 0 Å². The van der Waals surface area contributed by atoms with Crippen LogP contribution in [-0.2, 0) is 6.18 Å². The van der Waals surface area contributed by atoms with E-state index in [1.807, 2.05) is 0 Å². The highest BCUT2D eigenvalue weighted by Gasteiger charge is 2.34. The Morgan fingerprint density at radius 1 is 1.29 bits per heavy atom. The van der Waals surface area contributed by atoms with Crippen LogP contribution in [0.25, 0.3) is 11.3 Å². The zero-order valence-electron chi connectivity index (χ0n) is 9.86. The summed E-state index contributed by atoms with van der Waals surface area (Å²) in [6.07, 6.45) is -4.07. The van der Waals surface area contributed by atoms with E-state index in [-0.39, 0.29) is 16.5 Å². The van der Waals surface area contributed by atoms with Gasteiger partial charge in [0.1, 0.15) is 12.0 Å². The largest absolute Gasteiger partial charge is 0.419 e. The van der Waals surface area contributed by atoms with Crippen molar-refractivity contribution in [2.24, 2.45) is 0 Å². The Bertz CT molecular complexity index is 721. The van der Waals surface area contributed by atoms with Crippen molar-refractivity contribution in [2.45, 2.75) is 6.18 Å². The summed E-state index contributed by atoms with van der Waals surface area (Å²) in [5, 5.41) is 10.5. The van der Waals surface area contributed by atoms with Gasteiger partial charge in [-0.05, 0) is 23.7 Å².